The summed E-state index contributed by atoms with van der Waals surface area (Å²) in [6.07, 6.45) is -1.28. The fraction of sp³-hybridized carbons (Fsp3) is 0.500. The number of hydrogen-bond acceptors (Lipinski definition) is 0. The second kappa shape index (κ2) is 3.30. The van der Waals surface area contributed by atoms with Gasteiger partial charge in [0, 0.05) is 2.74 Å². The molecular formula is C12H18. The normalized spacial score (nSPS) is 15.3. The molecule has 0 spiro atoms. The van der Waals surface area contributed by atoms with Gasteiger partial charge in [-0.2, -0.15) is 0 Å². The van der Waals surface area contributed by atoms with E-state index in [0.29, 0.717) is 0 Å². The van der Waals surface area contributed by atoms with E-state index < -0.39 is 6.37 Å². The van der Waals surface area contributed by atoms with E-state index in [1.807, 2.05) is 52.0 Å². The molecule has 0 heterocycles. The van der Waals surface area contributed by atoms with Gasteiger partial charge in [0.2, 0.25) is 0 Å². The standard InChI is InChI=1S/C12H18/c1-10-7-5-6-8-11(10)9-12(2,3)4/h5-8H,9H2,1-4H3/i9D2. The van der Waals surface area contributed by atoms with Gasteiger partial charge in [-0.1, -0.05) is 45.0 Å². The van der Waals surface area contributed by atoms with Crippen LogP contribution in [0.4, 0.5) is 0 Å². The zero-order valence-corrected chi connectivity index (χ0v) is 8.31. The lowest BCUT2D eigenvalue weighted by molar-refractivity contribution is 0.410. The molecular weight excluding hydrogens is 144 g/mol. The highest BCUT2D eigenvalue weighted by Gasteiger charge is 2.11. The van der Waals surface area contributed by atoms with Crippen molar-refractivity contribution in [1.29, 1.82) is 0 Å². The molecule has 0 N–H and O–H groups in total. The Morgan fingerprint density at radius 2 is 1.83 bits per heavy atom. The molecule has 0 aliphatic heterocycles. The van der Waals surface area contributed by atoms with Crippen molar-refractivity contribution in [3.63, 3.8) is 0 Å². The Kier molecular flexibility index (Phi) is 1.85. The highest BCUT2D eigenvalue weighted by molar-refractivity contribution is 5.26. The molecule has 1 aromatic rings. The molecule has 0 saturated heterocycles. The first-order valence-corrected chi connectivity index (χ1v) is 4.33. The monoisotopic (exact) mass is 164 g/mol. The summed E-state index contributed by atoms with van der Waals surface area (Å²) < 4.78 is 16.3. The highest BCUT2D eigenvalue weighted by Crippen LogP contribution is 2.22. The molecule has 0 heteroatoms. The van der Waals surface area contributed by atoms with Crippen molar-refractivity contribution in [3.05, 3.63) is 35.4 Å². The maximum absolute atomic E-state index is 8.13. The molecule has 0 aliphatic carbocycles. The van der Waals surface area contributed by atoms with Crippen LogP contribution in [-0.2, 0) is 6.37 Å². The van der Waals surface area contributed by atoms with Gasteiger partial charge in [-0.3, -0.25) is 0 Å². The van der Waals surface area contributed by atoms with Gasteiger partial charge in [0.05, 0.1) is 0 Å². The molecule has 0 atom stereocenters. The van der Waals surface area contributed by atoms with Crippen molar-refractivity contribution in [3.8, 4) is 0 Å². The third-order valence-corrected chi connectivity index (χ3v) is 1.65. The Morgan fingerprint density at radius 1 is 1.25 bits per heavy atom. The molecule has 0 bridgehead atoms. The summed E-state index contributed by atoms with van der Waals surface area (Å²) in [6.45, 7) is 7.75. The molecule has 12 heavy (non-hydrogen) atoms. The summed E-state index contributed by atoms with van der Waals surface area (Å²) in [5, 5.41) is 0. The van der Waals surface area contributed by atoms with Gasteiger partial charge in [-0.05, 0) is 29.8 Å². The Labute approximate surface area is 78.4 Å². The van der Waals surface area contributed by atoms with E-state index in [-0.39, 0.29) is 5.41 Å². The first-order chi connectivity index (χ1) is 6.27. The molecule has 0 amide bonds. The van der Waals surface area contributed by atoms with Crippen LogP contribution in [0.1, 0.15) is 34.6 Å². The SMILES string of the molecule is [2H]C([2H])(c1ccccc1C)C(C)(C)C. The second-order valence-electron chi connectivity index (χ2n) is 4.19. The van der Waals surface area contributed by atoms with Crippen molar-refractivity contribution in [1.82, 2.24) is 0 Å². The Balaban J connectivity index is 3.23. The van der Waals surface area contributed by atoms with Crippen molar-refractivity contribution >= 4 is 0 Å². The zero-order valence-electron chi connectivity index (χ0n) is 10.3. The van der Waals surface area contributed by atoms with Crippen LogP contribution in [0.2, 0.25) is 0 Å². The molecule has 66 valence electrons. The van der Waals surface area contributed by atoms with Crippen LogP contribution in [-0.4, -0.2) is 0 Å². The summed E-state index contributed by atoms with van der Waals surface area (Å²) in [5.74, 6) is 0. The highest BCUT2D eigenvalue weighted by atomic mass is 14.2. The number of hydrogen-bond donors (Lipinski definition) is 0. The molecule has 0 aliphatic rings. The van der Waals surface area contributed by atoms with Crippen LogP contribution in [0.3, 0.4) is 0 Å². The summed E-state index contributed by atoms with van der Waals surface area (Å²) >= 11 is 0. The van der Waals surface area contributed by atoms with E-state index >= 15 is 0 Å². The predicted octanol–water partition coefficient (Wildman–Crippen LogP) is 3.58. The zero-order chi connectivity index (χ0) is 11.0. The minimum atomic E-state index is -1.28. The van der Waals surface area contributed by atoms with Crippen molar-refractivity contribution in [2.24, 2.45) is 5.41 Å². The topological polar surface area (TPSA) is 0 Å². The third-order valence-electron chi connectivity index (χ3n) is 1.65. The number of rotatable bonds is 1. The predicted molar refractivity (Wildman–Crippen MR) is 54.3 cm³/mol. The largest absolute Gasteiger partial charge is 0.0620 e. The van der Waals surface area contributed by atoms with Gasteiger partial charge < -0.3 is 0 Å². The average Bonchev–Trinajstić information content (AvgIpc) is 2.02. The third kappa shape index (κ3) is 2.69. The Morgan fingerprint density at radius 3 is 2.33 bits per heavy atom. The van der Waals surface area contributed by atoms with Gasteiger partial charge in [-0.15, -0.1) is 0 Å². The first-order valence-electron chi connectivity index (χ1n) is 5.33. The van der Waals surface area contributed by atoms with Crippen LogP contribution in [0.5, 0.6) is 0 Å². The van der Waals surface area contributed by atoms with E-state index in [4.69, 9.17) is 2.74 Å². The van der Waals surface area contributed by atoms with E-state index in [1.165, 1.54) is 0 Å². The summed E-state index contributed by atoms with van der Waals surface area (Å²) in [6, 6.07) is 7.67. The smallest absolute Gasteiger partial charge is 0.0321 e. The lowest BCUT2D eigenvalue weighted by Gasteiger charge is -2.19. The first kappa shape index (κ1) is 6.71. The Hall–Kier alpha value is -0.780. The minimum absolute atomic E-state index is 0.376. The van der Waals surface area contributed by atoms with E-state index in [1.54, 1.807) is 0 Å². The van der Waals surface area contributed by atoms with Crippen LogP contribution in [0.15, 0.2) is 24.3 Å². The number of benzene rings is 1. The van der Waals surface area contributed by atoms with Crippen LogP contribution < -0.4 is 0 Å². The van der Waals surface area contributed by atoms with Crippen LogP contribution in [0, 0.1) is 12.3 Å². The molecule has 1 rings (SSSR count). The summed E-state index contributed by atoms with van der Waals surface area (Å²) in [7, 11) is 0. The van der Waals surface area contributed by atoms with E-state index in [0.717, 1.165) is 11.1 Å². The summed E-state index contributed by atoms with van der Waals surface area (Å²) in [5.41, 5.74) is 1.44. The van der Waals surface area contributed by atoms with Gasteiger partial charge in [0.1, 0.15) is 0 Å². The van der Waals surface area contributed by atoms with Gasteiger partial charge >= 0.3 is 0 Å². The maximum Gasteiger partial charge on any atom is 0.0321 e. The van der Waals surface area contributed by atoms with Gasteiger partial charge in [0.25, 0.3) is 0 Å². The molecule has 0 radical (unpaired) electrons. The average molecular weight is 164 g/mol. The van der Waals surface area contributed by atoms with E-state index in [2.05, 4.69) is 0 Å². The maximum atomic E-state index is 8.13. The molecule has 0 fully saturated rings. The van der Waals surface area contributed by atoms with Crippen LogP contribution >= 0.6 is 0 Å². The molecule has 0 saturated carbocycles. The van der Waals surface area contributed by atoms with Crippen LogP contribution in [0.25, 0.3) is 0 Å². The van der Waals surface area contributed by atoms with Gasteiger partial charge in [-0.25, -0.2) is 0 Å². The van der Waals surface area contributed by atoms with Crippen molar-refractivity contribution in [2.45, 2.75) is 34.1 Å². The summed E-state index contributed by atoms with van der Waals surface area (Å²) in [4.78, 5) is 0. The quantitative estimate of drug-likeness (QED) is 0.595. The van der Waals surface area contributed by atoms with E-state index in [9.17, 15) is 0 Å². The Bertz CT molecular complexity index is 321. The fourth-order valence-electron chi connectivity index (χ4n) is 1.12. The minimum Gasteiger partial charge on any atom is -0.0620 e. The second-order valence-corrected chi connectivity index (χ2v) is 4.19. The van der Waals surface area contributed by atoms with Crippen molar-refractivity contribution < 1.29 is 2.74 Å². The molecule has 0 unspecified atom stereocenters. The molecule has 0 aromatic heterocycles. The van der Waals surface area contributed by atoms with Gasteiger partial charge in [0.15, 0.2) is 0 Å². The molecule has 1 aromatic carbocycles. The fourth-order valence-corrected chi connectivity index (χ4v) is 1.12. The lowest BCUT2D eigenvalue weighted by atomic mass is 9.86. The number of aryl methyl sites for hydroxylation is 1. The lowest BCUT2D eigenvalue weighted by Crippen LogP contribution is -2.09. The van der Waals surface area contributed by atoms with Crippen molar-refractivity contribution in [2.75, 3.05) is 0 Å². The molecule has 0 nitrogen and oxygen atoms in total.